The summed E-state index contributed by atoms with van der Waals surface area (Å²) in [5.74, 6) is 1.04. The lowest BCUT2D eigenvalue weighted by Crippen LogP contribution is -1.73. The van der Waals surface area contributed by atoms with Crippen molar-refractivity contribution in [2.24, 2.45) is 0 Å². The van der Waals surface area contributed by atoms with E-state index in [-0.39, 0.29) is 0 Å². The number of nitrogens with zero attached hydrogens (tertiary/aromatic N) is 2. The van der Waals surface area contributed by atoms with Crippen LogP contribution in [0.3, 0.4) is 0 Å². The quantitative estimate of drug-likeness (QED) is 0.730. The van der Waals surface area contributed by atoms with E-state index in [2.05, 4.69) is 30.6 Å². The summed E-state index contributed by atoms with van der Waals surface area (Å²) >= 11 is 3.04. The van der Waals surface area contributed by atoms with Crippen molar-refractivity contribution in [3.63, 3.8) is 0 Å². The molecule has 0 aliphatic rings. The van der Waals surface area contributed by atoms with Gasteiger partial charge in [0.05, 0.1) is 6.26 Å². The molecule has 0 aliphatic carbocycles. The summed E-state index contributed by atoms with van der Waals surface area (Å²) in [6.45, 7) is 0. The van der Waals surface area contributed by atoms with Gasteiger partial charge in [-0.25, -0.2) is 0 Å². The lowest BCUT2D eigenvalue weighted by atomic mass is 10.4. The summed E-state index contributed by atoms with van der Waals surface area (Å²) in [7, 11) is 0. The van der Waals surface area contributed by atoms with Crippen molar-refractivity contribution in [3.8, 4) is 11.6 Å². The molecule has 0 aromatic carbocycles. The SMILES string of the molecule is Brc1nc(-c2ccco2)no1. The number of hydrogen-bond acceptors (Lipinski definition) is 4. The number of hydrogen-bond donors (Lipinski definition) is 0. The van der Waals surface area contributed by atoms with Crippen LogP contribution in [0.4, 0.5) is 0 Å². The van der Waals surface area contributed by atoms with Crippen molar-refractivity contribution in [3.05, 3.63) is 23.2 Å². The minimum atomic E-state index is 0.351. The Labute approximate surface area is 70.3 Å². The molecule has 0 unspecified atom stereocenters. The van der Waals surface area contributed by atoms with Gasteiger partial charge < -0.3 is 8.94 Å². The summed E-state index contributed by atoms with van der Waals surface area (Å²) in [6, 6.07) is 3.52. The van der Waals surface area contributed by atoms with Crippen LogP contribution in [0, 0.1) is 0 Å². The van der Waals surface area contributed by atoms with Crippen LogP contribution < -0.4 is 0 Å². The van der Waals surface area contributed by atoms with Gasteiger partial charge in [0.15, 0.2) is 5.76 Å². The first-order valence-corrected chi connectivity index (χ1v) is 3.68. The van der Waals surface area contributed by atoms with Crippen molar-refractivity contribution in [2.45, 2.75) is 0 Å². The van der Waals surface area contributed by atoms with Crippen LogP contribution in [0.2, 0.25) is 0 Å². The topological polar surface area (TPSA) is 52.1 Å². The Kier molecular flexibility index (Phi) is 1.50. The monoisotopic (exact) mass is 214 g/mol. The van der Waals surface area contributed by atoms with E-state index in [1.54, 1.807) is 18.4 Å². The van der Waals surface area contributed by atoms with E-state index in [0.29, 0.717) is 16.4 Å². The Morgan fingerprint density at radius 3 is 2.91 bits per heavy atom. The third kappa shape index (κ3) is 1.19. The Balaban J connectivity index is 2.45. The number of furan rings is 1. The minimum Gasteiger partial charge on any atom is -0.461 e. The third-order valence-corrected chi connectivity index (χ3v) is 1.46. The molecule has 11 heavy (non-hydrogen) atoms. The summed E-state index contributed by atoms with van der Waals surface area (Å²) in [6.07, 6.45) is 1.56. The standard InChI is InChI=1S/C6H3BrN2O2/c7-6-8-5(9-11-6)4-2-1-3-10-4/h1-3H. The second-order valence-electron chi connectivity index (χ2n) is 1.85. The van der Waals surface area contributed by atoms with Gasteiger partial charge in [-0.15, -0.1) is 0 Å². The molecule has 4 nitrogen and oxygen atoms in total. The van der Waals surface area contributed by atoms with E-state index in [1.165, 1.54) is 0 Å². The van der Waals surface area contributed by atoms with Gasteiger partial charge in [0.1, 0.15) is 0 Å². The molecule has 0 spiro atoms. The molecule has 0 saturated heterocycles. The Morgan fingerprint density at radius 2 is 2.36 bits per heavy atom. The van der Waals surface area contributed by atoms with E-state index in [0.717, 1.165) is 0 Å². The highest BCUT2D eigenvalue weighted by atomic mass is 79.9. The van der Waals surface area contributed by atoms with Crippen molar-refractivity contribution in [1.29, 1.82) is 0 Å². The first-order valence-electron chi connectivity index (χ1n) is 2.89. The molecule has 2 aromatic heterocycles. The van der Waals surface area contributed by atoms with Crippen LogP contribution >= 0.6 is 15.9 Å². The molecule has 0 saturated carbocycles. The van der Waals surface area contributed by atoms with E-state index in [1.807, 2.05) is 0 Å². The van der Waals surface area contributed by atoms with Crippen LogP contribution in [0.1, 0.15) is 0 Å². The van der Waals surface area contributed by atoms with Gasteiger partial charge in [-0.05, 0) is 12.1 Å². The van der Waals surface area contributed by atoms with E-state index >= 15 is 0 Å². The zero-order valence-corrected chi connectivity index (χ0v) is 6.91. The third-order valence-electron chi connectivity index (χ3n) is 1.14. The molecule has 56 valence electrons. The van der Waals surface area contributed by atoms with Crippen molar-refractivity contribution in [1.82, 2.24) is 10.1 Å². The summed E-state index contributed by atoms with van der Waals surface area (Å²) in [4.78, 5) is 4.25. The maximum absolute atomic E-state index is 5.03. The number of rotatable bonds is 1. The molecule has 0 bridgehead atoms. The van der Waals surface area contributed by atoms with Gasteiger partial charge in [0.25, 0.3) is 4.80 Å². The molecule has 2 heterocycles. The Morgan fingerprint density at radius 1 is 1.45 bits per heavy atom. The molecule has 2 rings (SSSR count). The van der Waals surface area contributed by atoms with Crippen molar-refractivity contribution >= 4 is 15.9 Å². The van der Waals surface area contributed by atoms with Gasteiger partial charge in [-0.1, -0.05) is 5.16 Å². The molecule has 0 N–H and O–H groups in total. The maximum Gasteiger partial charge on any atom is 0.294 e. The van der Waals surface area contributed by atoms with Gasteiger partial charge >= 0.3 is 0 Å². The largest absolute Gasteiger partial charge is 0.461 e. The fourth-order valence-corrected chi connectivity index (χ4v) is 0.951. The molecule has 2 aromatic rings. The van der Waals surface area contributed by atoms with Gasteiger partial charge in [-0.3, -0.25) is 0 Å². The lowest BCUT2D eigenvalue weighted by molar-refractivity contribution is 0.395. The normalized spacial score (nSPS) is 10.3. The smallest absolute Gasteiger partial charge is 0.294 e. The van der Waals surface area contributed by atoms with E-state index in [4.69, 9.17) is 4.42 Å². The van der Waals surface area contributed by atoms with Gasteiger partial charge in [0, 0.05) is 15.9 Å². The lowest BCUT2D eigenvalue weighted by Gasteiger charge is -1.80. The van der Waals surface area contributed by atoms with E-state index in [9.17, 15) is 0 Å². The molecular weight excluding hydrogens is 212 g/mol. The first-order chi connectivity index (χ1) is 5.36. The molecule has 0 amide bonds. The maximum atomic E-state index is 5.03. The van der Waals surface area contributed by atoms with Gasteiger partial charge in [-0.2, -0.15) is 4.98 Å². The number of halogens is 1. The highest BCUT2D eigenvalue weighted by Crippen LogP contribution is 2.17. The molecular formula is C6H3BrN2O2. The Bertz CT molecular complexity index is 341. The Hall–Kier alpha value is -1.10. The average molecular weight is 215 g/mol. The number of aromatic nitrogens is 2. The van der Waals surface area contributed by atoms with Crippen LogP contribution in [-0.2, 0) is 0 Å². The predicted molar refractivity (Wildman–Crippen MR) is 39.7 cm³/mol. The highest BCUT2D eigenvalue weighted by molar-refractivity contribution is 9.10. The summed E-state index contributed by atoms with van der Waals surface area (Å²) < 4.78 is 9.71. The molecule has 0 aliphatic heterocycles. The second-order valence-corrected chi connectivity index (χ2v) is 2.53. The average Bonchev–Trinajstić information content (AvgIpc) is 2.55. The zero-order chi connectivity index (χ0) is 7.68. The van der Waals surface area contributed by atoms with Crippen molar-refractivity contribution < 1.29 is 8.94 Å². The van der Waals surface area contributed by atoms with Crippen molar-refractivity contribution in [2.75, 3.05) is 0 Å². The van der Waals surface area contributed by atoms with Crippen LogP contribution in [-0.4, -0.2) is 10.1 Å². The minimum absolute atomic E-state index is 0.351. The summed E-state index contributed by atoms with van der Waals surface area (Å²) in [5.41, 5.74) is 0. The van der Waals surface area contributed by atoms with Crippen LogP contribution in [0.15, 0.2) is 32.1 Å². The molecule has 0 atom stereocenters. The van der Waals surface area contributed by atoms with Crippen LogP contribution in [0.25, 0.3) is 11.6 Å². The summed E-state index contributed by atoms with van der Waals surface area (Å²) in [5, 5.41) is 3.63. The second kappa shape index (κ2) is 2.50. The fourth-order valence-electron chi connectivity index (χ4n) is 0.711. The molecule has 0 fully saturated rings. The first kappa shape index (κ1) is 6.60. The zero-order valence-electron chi connectivity index (χ0n) is 5.32. The molecule has 5 heteroatoms. The van der Waals surface area contributed by atoms with E-state index < -0.39 is 0 Å². The molecule has 0 radical (unpaired) electrons. The van der Waals surface area contributed by atoms with Gasteiger partial charge in [0.2, 0.25) is 5.82 Å². The predicted octanol–water partition coefficient (Wildman–Crippen LogP) is 2.09. The fraction of sp³-hybridized carbons (Fsp3) is 0. The highest BCUT2D eigenvalue weighted by Gasteiger charge is 2.07. The van der Waals surface area contributed by atoms with Crippen LogP contribution in [0.5, 0.6) is 0 Å².